The molecule has 1 rings (SSSR count). The standard InChI is InChI=1S/C7H6F3N3/c1-2-5-4(7(8,9)10)3-12-6(11)13-5/h2-3H,1H2,(H2,11,12,13). The van der Waals surface area contributed by atoms with Crippen LogP contribution in [0.2, 0.25) is 0 Å². The van der Waals surface area contributed by atoms with E-state index in [0.29, 0.717) is 6.20 Å². The molecule has 0 atom stereocenters. The summed E-state index contributed by atoms with van der Waals surface area (Å²) in [7, 11) is 0. The third-order valence-electron chi connectivity index (χ3n) is 1.34. The fraction of sp³-hybridized carbons (Fsp3) is 0.143. The molecule has 0 aromatic carbocycles. The highest BCUT2D eigenvalue weighted by Crippen LogP contribution is 2.31. The first kappa shape index (κ1) is 9.50. The van der Waals surface area contributed by atoms with Crippen LogP contribution in [0.15, 0.2) is 12.8 Å². The second-order valence-electron chi connectivity index (χ2n) is 2.23. The Morgan fingerprint density at radius 1 is 1.46 bits per heavy atom. The van der Waals surface area contributed by atoms with Crippen LogP contribution in [-0.4, -0.2) is 9.97 Å². The normalized spacial score (nSPS) is 11.3. The molecule has 0 aliphatic carbocycles. The molecule has 1 aromatic rings. The Morgan fingerprint density at radius 3 is 2.54 bits per heavy atom. The molecule has 6 heteroatoms. The van der Waals surface area contributed by atoms with Gasteiger partial charge < -0.3 is 5.73 Å². The third-order valence-corrected chi connectivity index (χ3v) is 1.34. The monoisotopic (exact) mass is 189 g/mol. The van der Waals surface area contributed by atoms with Crippen LogP contribution in [-0.2, 0) is 6.18 Å². The number of nitrogen functional groups attached to an aromatic ring is 1. The second kappa shape index (κ2) is 3.04. The molecule has 3 nitrogen and oxygen atoms in total. The van der Waals surface area contributed by atoms with Gasteiger partial charge in [-0.1, -0.05) is 6.58 Å². The minimum atomic E-state index is -4.47. The predicted molar refractivity (Wildman–Crippen MR) is 41.5 cm³/mol. The number of aromatic nitrogens is 2. The number of nitrogens with zero attached hydrogens (tertiary/aromatic N) is 2. The smallest absolute Gasteiger partial charge is 0.368 e. The van der Waals surface area contributed by atoms with E-state index in [1.54, 1.807) is 0 Å². The molecule has 1 aromatic heterocycles. The Hall–Kier alpha value is -1.59. The van der Waals surface area contributed by atoms with E-state index in [-0.39, 0.29) is 11.6 Å². The van der Waals surface area contributed by atoms with Gasteiger partial charge in [0, 0.05) is 6.20 Å². The van der Waals surface area contributed by atoms with Crippen LogP contribution >= 0.6 is 0 Å². The van der Waals surface area contributed by atoms with Crippen molar-refractivity contribution >= 4 is 12.0 Å². The van der Waals surface area contributed by atoms with Crippen molar-refractivity contribution in [3.63, 3.8) is 0 Å². The van der Waals surface area contributed by atoms with Gasteiger partial charge in [0.05, 0.1) is 11.3 Å². The number of halogens is 3. The van der Waals surface area contributed by atoms with Crippen LogP contribution in [0.25, 0.3) is 6.08 Å². The van der Waals surface area contributed by atoms with Gasteiger partial charge in [-0.25, -0.2) is 9.97 Å². The maximum atomic E-state index is 12.2. The molecule has 0 fully saturated rings. The lowest BCUT2D eigenvalue weighted by atomic mass is 10.2. The van der Waals surface area contributed by atoms with Gasteiger partial charge in [0.2, 0.25) is 5.95 Å². The van der Waals surface area contributed by atoms with E-state index >= 15 is 0 Å². The number of hydrogen-bond acceptors (Lipinski definition) is 3. The highest BCUT2D eigenvalue weighted by atomic mass is 19.4. The Labute approximate surface area is 72.1 Å². The van der Waals surface area contributed by atoms with E-state index in [1.807, 2.05) is 0 Å². The van der Waals surface area contributed by atoms with Gasteiger partial charge in [-0.15, -0.1) is 0 Å². The van der Waals surface area contributed by atoms with Crippen molar-refractivity contribution in [2.45, 2.75) is 6.18 Å². The Balaban J connectivity index is 3.29. The van der Waals surface area contributed by atoms with Crippen LogP contribution in [0.1, 0.15) is 11.3 Å². The van der Waals surface area contributed by atoms with Crippen molar-refractivity contribution in [3.8, 4) is 0 Å². The summed E-state index contributed by atoms with van der Waals surface area (Å²) in [5, 5.41) is 0. The number of rotatable bonds is 1. The van der Waals surface area contributed by atoms with E-state index in [1.165, 1.54) is 0 Å². The number of nitrogens with two attached hydrogens (primary N) is 1. The van der Waals surface area contributed by atoms with Crippen molar-refractivity contribution in [1.82, 2.24) is 9.97 Å². The molecule has 1 heterocycles. The van der Waals surface area contributed by atoms with E-state index in [2.05, 4.69) is 16.5 Å². The third kappa shape index (κ3) is 1.95. The van der Waals surface area contributed by atoms with Crippen LogP contribution < -0.4 is 5.73 Å². The van der Waals surface area contributed by atoms with Gasteiger partial charge in [-0.2, -0.15) is 13.2 Å². The number of hydrogen-bond donors (Lipinski definition) is 1. The number of alkyl halides is 3. The fourth-order valence-corrected chi connectivity index (χ4v) is 0.783. The fourth-order valence-electron chi connectivity index (χ4n) is 0.783. The largest absolute Gasteiger partial charge is 0.419 e. The molecular weight excluding hydrogens is 183 g/mol. The van der Waals surface area contributed by atoms with Gasteiger partial charge in [-0.05, 0) is 6.08 Å². The lowest BCUT2D eigenvalue weighted by molar-refractivity contribution is -0.138. The lowest BCUT2D eigenvalue weighted by Crippen LogP contribution is -2.11. The maximum Gasteiger partial charge on any atom is 0.419 e. The van der Waals surface area contributed by atoms with Crippen LogP contribution in [0, 0.1) is 0 Å². The average Bonchev–Trinajstić information content (AvgIpc) is 2.01. The molecule has 0 radical (unpaired) electrons. The van der Waals surface area contributed by atoms with Crippen molar-refractivity contribution < 1.29 is 13.2 Å². The summed E-state index contributed by atoms with van der Waals surface area (Å²) >= 11 is 0. The number of anilines is 1. The zero-order valence-corrected chi connectivity index (χ0v) is 6.47. The first-order valence-corrected chi connectivity index (χ1v) is 3.27. The Bertz CT molecular complexity index is 332. The molecule has 0 aliphatic heterocycles. The molecule has 0 saturated carbocycles. The molecule has 0 amide bonds. The topological polar surface area (TPSA) is 51.8 Å². The lowest BCUT2D eigenvalue weighted by Gasteiger charge is -2.08. The van der Waals surface area contributed by atoms with Gasteiger partial charge >= 0.3 is 6.18 Å². The van der Waals surface area contributed by atoms with E-state index < -0.39 is 11.7 Å². The minimum Gasteiger partial charge on any atom is -0.368 e. The Kier molecular flexibility index (Phi) is 2.22. The average molecular weight is 189 g/mol. The predicted octanol–water partition coefficient (Wildman–Crippen LogP) is 1.72. The molecule has 0 unspecified atom stereocenters. The molecule has 0 spiro atoms. The molecule has 70 valence electrons. The molecule has 2 N–H and O–H groups in total. The van der Waals surface area contributed by atoms with Crippen LogP contribution in [0.4, 0.5) is 19.1 Å². The molecule has 0 bridgehead atoms. The van der Waals surface area contributed by atoms with E-state index in [4.69, 9.17) is 5.73 Å². The SMILES string of the molecule is C=Cc1nc(N)ncc1C(F)(F)F. The second-order valence-corrected chi connectivity index (χ2v) is 2.23. The van der Waals surface area contributed by atoms with Gasteiger partial charge in [-0.3, -0.25) is 0 Å². The van der Waals surface area contributed by atoms with Crippen molar-refractivity contribution in [3.05, 3.63) is 24.0 Å². The van der Waals surface area contributed by atoms with Gasteiger partial charge in [0.25, 0.3) is 0 Å². The molecule has 0 aliphatic rings. The van der Waals surface area contributed by atoms with Crippen LogP contribution in [0.3, 0.4) is 0 Å². The highest BCUT2D eigenvalue weighted by Gasteiger charge is 2.34. The summed E-state index contributed by atoms with van der Waals surface area (Å²) in [6.45, 7) is 3.20. The zero-order valence-electron chi connectivity index (χ0n) is 6.47. The quantitative estimate of drug-likeness (QED) is 0.731. The highest BCUT2D eigenvalue weighted by molar-refractivity contribution is 5.49. The zero-order chi connectivity index (χ0) is 10.1. The summed E-state index contributed by atoms with van der Waals surface area (Å²) in [4.78, 5) is 6.64. The summed E-state index contributed by atoms with van der Waals surface area (Å²) in [6.07, 6.45) is -2.85. The van der Waals surface area contributed by atoms with Gasteiger partial charge in [0.1, 0.15) is 0 Å². The minimum absolute atomic E-state index is 0.206. The Morgan fingerprint density at radius 2 is 2.08 bits per heavy atom. The molecule has 0 saturated heterocycles. The first-order valence-electron chi connectivity index (χ1n) is 3.27. The van der Waals surface area contributed by atoms with Crippen molar-refractivity contribution in [2.75, 3.05) is 5.73 Å². The van der Waals surface area contributed by atoms with Crippen molar-refractivity contribution in [2.24, 2.45) is 0 Å². The summed E-state index contributed by atoms with van der Waals surface area (Å²) < 4.78 is 36.6. The molecule has 13 heavy (non-hydrogen) atoms. The summed E-state index contributed by atoms with van der Waals surface area (Å²) in [5.74, 6) is -0.206. The molecular formula is C7H6F3N3. The van der Waals surface area contributed by atoms with E-state index in [0.717, 1.165) is 6.08 Å². The van der Waals surface area contributed by atoms with Crippen molar-refractivity contribution in [1.29, 1.82) is 0 Å². The van der Waals surface area contributed by atoms with Gasteiger partial charge in [0.15, 0.2) is 0 Å². The summed E-state index contributed by atoms with van der Waals surface area (Å²) in [6, 6.07) is 0. The van der Waals surface area contributed by atoms with Crippen LogP contribution in [0.5, 0.6) is 0 Å². The summed E-state index contributed by atoms with van der Waals surface area (Å²) in [5.41, 5.74) is 3.87. The maximum absolute atomic E-state index is 12.2. The first-order chi connectivity index (χ1) is 5.95. The van der Waals surface area contributed by atoms with E-state index in [9.17, 15) is 13.2 Å².